The van der Waals surface area contributed by atoms with Gasteiger partial charge in [0.2, 0.25) is 0 Å². The summed E-state index contributed by atoms with van der Waals surface area (Å²) in [6, 6.07) is 3.49. The summed E-state index contributed by atoms with van der Waals surface area (Å²) < 4.78 is 26.1. The quantitative estimate of drug-likeness (QED) is 0.827. The zero-order valence-electron chi connectivity index (χ0n) is 9.00. The highest BCUT2D eigenvalue weighted by molar-refractivity contribution is 5.18. The fraction of sp³-hybridized carbons (Fsp3) is 0.455. The van der Waals surface area contributed by atoms with E-state index in [-0.39, 0.29) is 11.9 Å². The van der Waals surface area contributed by atoms with Crippen molar-refractivity contribution in [1.82, 2.24) is 4.90 Å². The van der Waals surface area contributed by atoms with Crippen molar-refractivity contribution in [2.75, 3.05) is 13.6 Å². The molecule has 1 rings (SSSR count). The molecule has 2 N–H and O–H groups in total. The molecule has 84 valence electrons. The number of nitrogens with zero attached hydrogens (tertiary/aromatic N) is 1. The molecule has 0 bridgehead atoms. The second-order valence-corrected chi connectivity index (χ2v) is 3.91. The van der Waals surface area contributed by atoms with Crippen molar-refractivity contribution in [3.8, 4) is 0 Å². The van der Waals surface area contributed by atoms with Gasteiger partial charge in [-0.3, -0.25) is 0 Å². The topological polar surface area (TPSA) is 29.3 Å². The van der Waals surface area contributed by atoms with Crippen LogP contribution in [0.25, 0.3) is 0 Å². The van der Waals surface area contributed by atoms with Crippen molar-refractivity contribution in [2.45, 2.75) is 19.5 Å². The van der Waals surface area contributed by atoms with Gasteiger partial charge >= 0.3 is 0 Å². The van der Waals surface area contributed by atoms with Gasteiger partial charge < -0.3 is 10.6 Å². The maximum atomic E-state index is 13.2. The maximum Gasteiger partial charge on any atom is 0.127 e. The Morgan fingerprint density at radius 3 is 2.67 bits per heavy atom. The third kappa shape index (κ3) is 3.93. The summed E-state index contributed by atoms with van der Waals surface area (Å²) in [5, 5.41) is 0. The fourth-order valence-electron chi connectivity index (χ4n) is 1.51. The van der Waals surface area contributed by atoms with Crippen molar-refractivity contribution >= 4 is 0 Å². The van der Waals surface area contributed by atoms with Gasteiger partial charge in [0.1, 0.15) is 11.6 Å². The lowest BCUT2D eigenvalue weighted by atomic mass is 10.2. The molecule has 0 aliphatic heterocycles. The van der Waals surface area contributed by atoms with Gasteiger partial charge in [-0.25, -0.2) is 8.78 Å². The Kier molecular flexibility index (Phi) is 4.17. The first-order valence-corrected chi connectivity index (χ1v) is 4.87. The predicted octanol–water partition coefficient (Wildman–Crippen LogP) is 1.74. The van der Waals surface area contributed by atoms with Gasteiger partial charge in [0.05, 0.1) is 0 Å². The van der Waals surface area contributed by atoms with Crippen molar-refractivity contribution in [3.05, 3.63) is 35.4 Å². The lowest BCUT2D eigenvalue weighted by molar-refractivity contribution is 0.304. The van der Waals surface area contributed by atoms with Crippen LogP contribution in [0.3, 0.4) is 0 Å². The molecule has 4 heteroatoms. The highest BCUT2D eigenvalue weighted by Crippen LogP contribution is 2.11. The third-order valence-electron chi connectivity index (χ3n) is 2.05. The molecule has 0 aromatic heterocycles. The maximum absolute atomic E-state index is 13.2. The number of nitrogens with two attached hydrogens (primary N) is 1. The van der Waals surface area contributed by atoms with Crippen molar-refractivity contribution in [3.63, 3.8) is 0 Å². The minimum Gasteiger partial charge on any atom is -0.327 e. The highest BCUT2D eigenvalue weighted by Gasteiger charge is 2.08. The van der Waals surface area contributed by atoms with E-state index in [1.165, 1.54) is 6.07 Å². The van der Waals surface area contributed by atoms with Crippen LogP contribution in [-0.4, -0.2) is 24.5 Å². The molecule has 1 aromatic rings. The second-order valence-electron chi connectivity index (χ2n) is 3.91. The van der Waals surface area contributed by atoms with Crippen LogP contribution in [-0.2, 0) is 6.54 Å². The van der Waals surface area contributed by atoms with E-state index in [1.54, 1.807) is 0 Å². The van der Waals surface area contributed by atoms with Gasteiger partial charge in [-0.15, -0.1) is 0 Å². The standard InChI is InChI=1S/C11H16F2N2/c1-8(14)6-15(2)7-9-5-10(12)3-4-11(9)13/h3-5,8H,6-7,14H2,1-2H3. The Hall–Kier alpha value is -1.00. The normalized spacial score (nSPS) is 13.2. The molecule has 2 nitrogen and oxygen atoms in total. The van der Waals surface area contributed by atoms with E-state index in [1.807, 2.05) is 18.9 Å². The van der Waals surface area contributed by atoms with Crippen LogP contribution in [0.15, 0.2) is 18.2 Å². The Morgan fingerprint density at radius 2 is 2.07 bits per heavy atom. The summed E-state index contributed by atoms with van der Waals surface area (Å²) in [6.45, 7) is 2.89. The molecular formula is C11H16F2N2. The van der Waals surface area contributed by atoms with E-state index in [9.17, 15) is 8.78 Å². The molecule has 0 radical (unpaired) electrons. The number of benzene rings is 1. The summed E-state index contributed by atoms with van der Waals surface area (Å²) in [6.07, 6.45) is 0. The first-order valence-electron chi connectivity index (χ1n) is 4.87. The van der Waals surface area contributed by atoms with E-state index >= 15 is 0 Å². The largest absolute Gasteiger partial charge is 0.327 e. The predicted molar refractivity (Wildman–Crippen MR) is 56.3 cm³/mol. The van der Waals surface area contributed by atoms with Gasteiger partial charge in [0.25, 0.3) is 0 Å². The number of rotatable bonds is 4. The molecule has 0 saturated carbocycles. The summed E-state index contributed by atoms with van der Waals surface area (Å²) in [5.41, 5.74) is 5.96. The van der Waals surface area contributed by atoms with Gasteiger partial charge in [-0.1, -0.05) is 0 Å². The Morgan fingerprint density at radius 1 is 1.40 bits per heavy atom. The van der Waals surface area contributed by atoms with Crippen LogP contribution >= 0.6 is 0 Å². The number of hydrogen-bond acceptors (Lipinski definition) is 2. The lowest BCUT2D eigenvalue weighted by Gasteiger charge is -2.19. The Balaban J connectivity index is 2.67. The SMILES string of the molecule is CC(N)CN(C)Cc1cc(F)ccc1F. The van der Waals surface area contributed by atoms with Crippen molar-refractivity contribution in [2.24, 2.45) is 5.73 Å². The molecule has 0 amide bonds. The second kappa shape index (κ2) is 5.19. The van der Waals surface area contributed by atoms with E-state index in [0.717, 1.165) is 12.1 Å². The van der Waals surface area contributed by atoms with Crippen LogP contribution in [0, 0.1) is 11.6 Å². The first kappa shape index (κ1) is 12.1. The monoisotopic (exact) mass is 214 g/mol. The Bertz CT molecular complexity index is 326. The van der Waals surface area contributed by atoms with Crippen LogP contribution in [0.5, 0.6) is 0 Å². The van der Waals surface area contributed by atoms with Gasteiger partial charge in [0.15, 0.2) is 0 Å². The first-order chi connectivity index (χ1) is 6.99. The van der Waals surface area contributed by atoms with E-state index in [4.69, 9.17) is 5.73 Å². The minimum atomic E-state index is -0.416. The van der Waals surface area contributed by atoms with Crippen molar-refractivity contribution < 1.29 is 8.78 Å². The molecule has 0 heterocycles. The van der Waals surface area contributed by atoms with Gasteiger partial charge in [-0.05, 0) is 32.2 Å². The molecule has 0 aliphatic rings. The fourth-order valence-corrected chi connectivity index (χ4v) is 1.51. The molecule has 0 fully saturated rings. The summed E-state index contributed by atoms with van der Waals surface area (Å²) in [7, 11) is 1.83. The average Bonchev–Trinajstić information content (AvgIpc) is 2.10. The van der Waals surface area contributed by atoms with Crippen LogP contribution in [0.2, 0.25) is 0 Å². The lowest BCUT2D eigenvalue weighted by Crippen LogP contribution is -2.32. The highest BCUT2D eigenvalue weighted by atomic mass is 19.1. The minimum absolute atomic E-state index is 0.0200. The molecule has 0 aliphatic carbocycles. The average molecular weight is 214 g/mol. The van der Waals surface area contributed by atoms with E-state index < -0.39 is 5.82 Å². The molecule has 0 saturated heterocycles. The van der Waals surface area contributed by atoms with Gasteiger partial charge in [-0.2, -0.15) is 0 Å². The number of likely N-dealkylation sites (N-methyl/N-ethyl adjacent to an activating group) is 1. The van der Waals surface area contributed by atoms with Crippen LogP contribution in [0.1, 0.15) is 12.5 Å². The van der Waals surface area contributed by atoms with Crippen molar-refractivity contribution in [1.29, 1.82) is 0 Å². The van der Waals surface area contributed by atoms with E-state index in [0.29, 0.717) is 18.7 Å². The molecule has 1 aromatic carbocycles. The summed E-state index contributed by atoms with van der Waals surface area (Å²) in [5.74, 6) is -0.798. The zero-order chi connectivity index (χ0) is 11.4. The smallest absolute Gasteiger partial charge is 0.127 e. The molecule has 15 heavy (non-hydrogen) atoms. The summed E-state index contributed by atoms with van der Waals surface area (Å²) in [4.78, 5) is 1.86. The summed E-state index contributed by atoms with van der Waals surface area (Å²) >= 11 is 0. The zero-order valence-corrected chi connectivity index (χ0v) is 9.00. The molecule has 1 unspecified atom stereocenters. The molecule has 1 atom stereocenters. The molecule has 0 spiro atoms. The van der Waals surface area contributed by atoms with E-state index in [2.05, 4.69) is 0 Å². The number of halogens is 2. The Labute approximate surface area is 88.7 Å². The third-order valence-corrected chi connectivity index (χ3v) is 2.05. The van der Waals surface area contributed by atoms with Gasteiger partial charge in [0, 0.05) is 24.7 Å². The van der Waals surface area contributed by atoms with Crippen LogP contribution < -0.4 is 5.73 Å². The number of hydrogen-bond donors (Lipinski definition) is 1. The molecular weight excluding hydrogens is 198 g/mol. The van der Waals surface area contributed by atoms with Crippen LogP contribution in [0.4, 0.5) is 8.78 Å².